The molecule has 1 aromatic carbocycles. The Bertz CT molecular complexity index is 313. The molecule has 15 heavy (non-hydrogen) atoms. The van der Waals surface area contributed by atoms with Crippen LogP contribution in [0.5, 0.6) is 0 Å². The van der Waals surface area contributed by atoms with Crippen molar-refractivity contribution in [3.8, 4) is 0 Å². The van der Waals surface area contributed by atoms with Crippen molar-refractivity contribution in [1.29, 1.82) is 0 Å². The highest BCUT2D eigenvalue weighted by molar-refractivity contribution is 7.99. The Morgan fingerprint density at radius 3 is 2.87 bits per heavy atom. The molecule has 2 rings (SSSR count). The normalized spacial score (nSPS) is 17.9. The predicted molar refractivity (Wildman–Crippen MR) is 66.6 cm³/mol. The van der Waals surface area contributed by atoms with E-state index in [0.717, 1.165) is 37.1 Å². The van der Waals surface area contributed by atoms with E-state index in [1.807, 2.05) is 30.0 Å². The van der Waals surface area contributed by atoms with Gasteiger partial charge in [-0.25, -0.2) is 0 Å². The molecule has 1 fully saturated rings. The Morgan fingerprint density at radius 2 is 2.13 bits per heavy atom. The predicted octanol–water partition coefficient (Wildman–Crippen LogP) is 2.29. The summed E-state index contributed by atoms with van der Waals surface area (Å²) in [6, 6.07) is 8.05. The van der Waals surface area contributed by atoms with Crippen LogP contribution in [-0.4, -0.2) is 37.0 Å². The maximum Gasteiger partial charge on any atom is 0.0492 e. The maximum atomic E-state index is 5.93. The average Bonchev–Trinajstić information content (AvgIpc) is 2.28. The Balaban J connectivity index is 1.81. The Kier molecular flexibility index (Phi) is 4.32. The molecule has 0 aliphatic carbocycles. The Labute approximate surface area is 100.0 Å². The molecule has 0 saturated carbocycles. The van der Waals surface area contributed by atoms with E-state index in [9.17, 15) is 0 Å². The maximum absolute atomic E-state index is 5.93. The molecule has 1 heterocycles. The van der Waals surface area contributed by atoms with Crippen LogP contribution in [0.2, 0.25) is 5.02 Å². The van der Waals surface area contributed by atoms with E-state index in [-0.39, 0.29) is 0 Å². The molecular formula is C11H15ClN2S. The summed E-state index contributed by atoms with van der Waals surface area (Å²) in [5.41, 5.74) is 0. The topological polar surface area (TPSA) is 15.3 Å². The summed E-state index contributed by atoms with van der Waals surface area (Å²) >= 11 is 7.78. The number of rotatable bonds is 3. The third kappa shape index (κ3) is 3.68. The molecule has 4 heteroatoms. The number of hydrogen-bond acceptors (Lipinski definition) is 3. The van der Waals surface area contributed by atoms with Gasteiger partial charge in [0, 0.05) is 42.0 Å². The molecule has 0 aromatic heterocycles. The van der Waals surface area contributed by atoms with Crippen LogP contribution in [0.3, 0.4) is 0 Å². The van der Waals surface area contributed by atoms with Gasteiger partial charge in [-0.05, 0) is 18.2 Å². The number of halogens is 1. The van der Waals surface area contributed by atoms with Gasteiger partial charge in [0.05, 0.1) is 0 Å². The number of hydrogen-bond donors (Lipinski definition) is 1. The monoisotopic (exact) mass is 242 g/mol. The van der Waals surface area contributed by atoms with Crippen molar-refractivity contribution in [1.82, 2.24) is 10.2 Å². The summed E-state index contributed by atoms with van der Waals surface area (Å²) < 4.78 is 0. The zero-order valence-electron chi connectivity index (χ0n) is 8.58. The summed E-state index contributed by atoms with van der Waals surface area (Å²) in [7, 11) is 0. The minimum absolute atomic E-state index is 0.820. The average molecular weight is 243 g/mol. The van der Waals surface area contributed by atoms with Gasteiger partial charge in [0.1, 0.15) is 0 Å². The van der Waals surface area contributed by atoms with E-state index in [0.29, 0.717) is 0 Å². The summed E-state index contributed by atoms with van der Waals surface area (Å²) in [5, 5.41) is 4.17. The van der Waals surface area contributed by atoms with Crippen molar-refractivity contribution >= 4 is 23.4 Å². The highest BCUT2D eigenvalue weighted by Crippen LogP contribution is 2.22. The fraction of sp³-hybridized carbons (Fsp3) is 0.455. The lowest BCUT2D eigenvalue weighted by atomic mass is 10.4. The fourth-order valence-corrected chi connectivity index (χ4v) is 2.79. The highest BCUT2D eigenvalue weighted by atomic mass is 35.5. The lowest BCUT2D eigenvalue weighted by Crippen LogP contribution is -2.43. The second-order valence-corrected chi connectivity index (χ2v) is 5.05. The molecule has 82 valence electrons. The molecule has 0 unspecified atom stereocenters. The van der Waals surface area contributed by atoms with Gasteiger partial charge in [-0.2, -0.15) is 0 Å². The molecule has 1 N–H and O–H groups in total. The van der Waals surface area contributed by atoms with Gasteiger partial charge < -0.3 is 5.32 Å². The fourth-order valence-electron chi connectivity index (χ4n) is 1.56. The smallest absolute Gasteiger partial charge is 0.0492 e. The van der Waals surface area contributed by atoms with E-state index in [1.54, 1.807) is 0 Å². The van der Waals surface area contributed by atoms with E-state index in [1.165, 1.54) is 4.90 Å². The quantitative estimate of drug-likeness (QED) is 0.819. The number of benzene rings is 1. The SMILES string of the molecule is Clc1cccc(SCN2CCNCC2)c1. The second-order valence-electron chi connectivity index (χ2n) is 3.60. The molecule has 0 radical (unpaired) electrons. The highest BCUT2D eigenvalue weighted by Gasteiger charge is 2.09. The molecule has 1 aliphatic heterocycles. The largest absolute Gasteiger partial charge is 0.314 e. The lowest BCUT2D eigenvalue weighted by Gasteiger charge is -2.26. The zero-order valence-corrected chi connectivity index (χ0v) is 10.2. The first kappa shape index (κ1) is 11.3. The van der Waals surface area contributed by atoms with Crippen molar-refractivity contribution in [2.75, 3.05) is 32.1 Å². The van der Waals surface area contributed by atoms with Crippen LogP contribution in [0, 0.1) is 0 Å². The van der Waals surface area contributed by atoms with Crippen molar-refractivity contribution in [3.05, 3.63) is 29.3 Å². The standard InChI is InChI=1S/C11H15ClN2S/c12-10-2-1-3-11(8-10)15-9-14-6-4-13-5-7-14/h1-3,8,13H,4-7,9H2. The van der Waals surface area contributed by atoms with Crippen LogP contribution in [0.4, 0.5) is 0 Å². The van der Waals surface area contributed by atoms with Gasteiger partial charge in [0.15, 0.2) is 0 Å². The number of piperazine rings is 1. The van der Waals surface area contributed by atoms with Gasteiger partial charge in [0.2, 0.25) is 0 Å². The van der Waals surface area contributed by atoms with E-state index in [4.69, 9.17) is 11.6 Å². The first-order valence-corrected chi connectivity index (χ1v) is 6.52. The van der Waals surface area contributed by atoms with Crippen LogP contribution in [0.15, 0.2) is 29.2 Å². The van der Waals surface area contributed by atoms with Gasteiger partial charge in [-0.15, -0.1) is 11.8 Å². The minimum Gasteiger partial charge on any atom is -0.314 e. The van der Waals surface area contributed by atoms with Crippen LogP contribution < -0.4 is 5.32 Å². The second kappa shape index (κ2) is 5.75. The molecule has 0 bridgehead atoms. The molecule has 0 atom stereocenters. The van der Waals surface area contributed by atoms with Gasteiger partial charge in [-0.1, -0.05) is 17.7 Å². The van der Waals surface area contributed by atoms with Crippen LogP contribution in [0.25, 0.3) is 0 Å². The Morgan fingerprint density at radius 1 is 1.33 bits per heavy atom. The number of thioether (sulfide) groups is 1. The molecule has 1 aromatic rings. The van der Waals surface area contributed by atoms with Crippen molar-refractivity contribution in [2.45, 2.75) is 4.90 Å². The summed E-state index contributed by atoms with van der Waals surface area (Å²) in [4.78, 5) is 3.71. The van der Waals surface area contributed by atoms with Crippen molar-refractivity contribution in [3.63, 3.8) is 0 Å². The molecule has 0 amide bonds. The first-order valence-electron chi connectivity index (χ1n) is 5.16. The first-order chi connectivity index (χ1) is 7.34. The molecule has 0 spiro atoms. The summed E-state index contributed by atoms with van der Waals surface area (Å²) in [6.45, 7) is 4.51. The van der Waals surface area contributed by atoms with Crippen molar-refractivity contribution < 1.29 is 0 Å². The van der Waals surface area contributed by atoms with Gasteiger partial charge >= 0.3 is 0 Å². The van der Waals surface area contributed by atoms with Crippen LogP contribution in [-0.2, 0) is 0 Å². The van der Waals surface area contributed by atoms with E-state index in [2.05, 4.69) is 16.3 Å². The van der Waals surface area contributed by atoms with Crippen LogP contribution in [0.1, 0.15) is 0 Å². The number of nitrogens with zero attached hydrogens (tertiary/aromatic N) is 1. The summed E-state index contributed by atoms with van der Waals surface area (Å²) in [5.74, 6) is 1.06. The summed E-state index contributed by atoms with van der Waals surface area (Å²) in [6.07, 6.45) is 0. The molecule has 1 saturated heterocycles. The van der Waals surface area contributed by atoms with Gasteiger partial charge in [0.25, 0.3) is 0 Å². The minimum atomic E-state index is 0.820. The molecular weight excluding hydrogens is 228 g/mol. The van der Waals surface area contributed by atoms with Crippen molar-refractivity contribution in [2.24, 2.45) is 0 Å². The third-order valence-corrected chi connectivity index (χ3v) is 3.74. The van der Waals surface area contributed by atoms with E-state index >= 15 is 0 Å². The lowest BCUT2D eigenvalue weighted by molar-refractivity contribution is 0.280. The van der Waals surface area contributed by atoms with E-state index < -0.39 is 0 Å². The third-order valence-electron chi connectivity index (χ3n) is 2.42. The van der Waals surface area contributed by atoms with Crippen LogP contribution >= 0.6 is 23.4 Å². The molecule has 1 aliphatic rings. The van der Waals surface area contributed by atoms with Gasteiger partial charge in [-0.3, -0.25) is 4.90 Å². The number of nitrogens with one attached hydrogen (secondary N) is 1. The molecule has 2 nitrogen and oxygen atoms in total. The Hall–Kier alpha value is -0.220. The zero-order chi connectivity index (χ0) is 10.5.